The number of para-hydroxylation sites is 1. The zero-order chi connectivity index (χ0) is 22.3. The van der Waals surface area contributed by atoms with Crippen molar-refractivity contribution in [3.8, 4) is 45.6 Å². The van der Waals surface area contributed by atoms with Crippen LogP contribution in [0.25, 0.3) is 22.3 Å². The Labute approximate surface area is 195 Å². The number of benzene rings is 5. The quantitative estimate of drug-likeness (QED) is 0.265. The molecule has 0 amide bonds. The Kier molecular flexibility index (Phi) is 6.00. The van der Waals surface area contributed by atoms with Crippen LogP contribution < -0.4 is 4.74 Å². The van der Waals surface area contributed by atoms with Gasteiger partial charge in [-0.3, -0.25) is 0 Å². The lowest BCUT2D eigenvalue weighted by atomic mass is 9.91. The average molecular weight is 423 g/mol. The third-order valence-electron chi connectivity index (χ3n) is 5.37. The Balaban J connectivity index is 1.73. The van der Waals surface area contributed by atoms with Crippen LogP contribution in [-0.4, -0.2) is 0 Å². The standard InChI is InChI=1S/C32H22O/c1-5-13-25(14-6-1)21-22-30-31(26-15-7-2-8-16-26)23-29(33-28-19-11-4-12-20-28)24-32(30)27-17-9-3-10-18-27/h1-20,23-24H. The third kappa shape index (κ3) is 4.87. The molecule has 156 valence electrons. The summed E-state index contributed by atoms with van der Waals surface area (Å²) in [4.78, 5) is 0. The second-order valence-electron chi connectivity index (χ2n) is 7.66. The molecule has 5 aromatic rings. The van der Waals surface area contributed by atoms with Crippen molar-refractivity contribution in [2.24, 2.45) is 0 Å². The molecule has 1 nitrogen and oxygen atoms in total. The Morgan fingerprint density at radius 3 is 1.39 bits per heavy atom. The Bertz CT molecular complexity index is 1330. The van der Waals surface area contributed by atoms with E-state index in [-0.39, 0.29) is 0 Å². The second-order valence-corrected chi connectivity index (χ2v) is 7.66. The summed E-state index contributed by atoms with van der Waals surface area (Å²) < 4.78 is 6.27. The van der Waals surface area contributed by atoms with E-state index in [1.165, 1.54) is 0 Å². The fourth-order valence-corrected chi connectivity index (χ4v) is 3.78. The third-order valence-corrected chi connectivity index (χ3v) is 5.37. The summed E-state index contributed by atoms with van der Waals surface area (Å²) in [6.45, 7) is 0. The van der Waals surface area contributed by atoms with Crippen LogP contribution in [0.1, 0.15) is 11.1 Å². The van der Waals surface area contributed by atoms with Crippen molar-refractivity contribution in [1.29, 1.82) is 0 Å². The van der Waals surface area contributed by atoms with Crippen LogP contribution in [0.5, 0.6) is 11.5 Å². The number of hydrogen-bond acceptors (Lipinski definition) is 1. The van der Waals surface area contributed by atoms with Crippen LogP contribution in [0.15, 0.2) is 133 Å². The summed E-state index contributed by atoms with van der Waals surface area (Å²) in [6, 6.07) is 44.9. The van der Waals surface area contributed by atoms with Crippen molar-refractivity contribution in [1.82, 2.24) is 0 Å². The van der Waals surface area contributed by atoms with Crippen molar-refractivity contribution in [3.05, 3.63) is 145 Å². The maximum Gasteiger partial charge on any atom is 0.128 e. The van der Waals surface area contributed by atoms with Gasteiger partial charge < -0.3 is 4.74 Å². The maximum atomic E-state index is 6.27. The van der Waals surface area contributed by atoms with E-state index in [9.17, 15) is 0 Å². The predicted octanol–water partition coefficient (Wildman–Crippen LogP) is 8.21. The summed E-state index contributed by atoms with van der Waals surface area (Å²) in [7, 11) is 0. The molecular formula is C32H22O. The zero-order valence-electron chi connectivity index (χ0n) is 18.1. The molecule has 0 aromatic heterocycles. The minimum Gasteiger partial charge on any atom is -0.457 e. The van der Waals surface area contributed by atoms with E-state index >= 15 is 0 Å². The van der Waals surface area contributed by atoms with Crippen molar-refractivity contribution in [2.45, 2.75) is 0 Å². The monoisotopic (exact) mass is 422 g/mol. The predicted molar refractivity (Wildman–Crippen MR) is 136 cm³/mol. The minimum atomic E-state index is 0.782. The van der Waals surface area contributed by atoms with Gasteiger partial charge in [-0.25, -0.2) is 0 Å². The first kappa shape index (κ1) is 20.4. The molecule has 0 N–H and O–H groups in total. The van der Waals surface area contributed by atoms with Crippen LogP contribution in [0, 0.1) is 11.8 Å². The van der Waals surface area contributed by atoms with Gasteiger partial charge in [0.2, 0.25) is 0 Å². The highest BCUT2D eigenvalue weighted by atomic mass is 16.5. The van der Waals surface area contributed by atoms with E-state index < -0.39 is 0 Å². The van der Waals surface area contributed by atoms with Gasteiger partial charge in [0.05, 0.1) is 0 Å². The molecule has 0 aliphatic rings. The topological polar surface area (TPSA) is 9.23 Å². The molecule has 0 bridgehead atoms. The Morgan fingerprint density at radius 2 is 0.879 bits per heavy atom. The van der Waals surface area contributed by atoms with Gasteiger partial charge in [-0.15, -0.1) is 0 Å². The van der Waals surface area contributed by atoms with Gasteiger partial charge >= 0.3 is 0 Å². The summed E-state index contributed by atoms with van der Waals surface area (Å²) in [5.41, 5.74) is 6.27. The fourth-order valence-electron chi connectivity index (χ4n) is 3.78. The molecule has 0 fully saturated rings. The van der Waals surface area contributed by atoms with E-state index in [0.717, 1.165) is 44.9 Å². The molecule has 0 spiro atoms. The number of rotatable bonds is 4. The molecule has 1 heteroatoms. The largest absolute Gasteiger partial charge is 0.457 e. The molecule has 0 aliphatic carbocycles. The highest BCUT2D eigenvalue weighted by Gasteiger charge is 2.14. The van der Waals surface area contributed by atoms with Gasteiger partial charge in [0.25, 0.3) is 0 Å². The molecule has 0 saturated carbocycles. The smallest absolute Gasteiger partial charge is 0.128 e. The van der Waals surface area contributed by atoms with Gasteiger partial charge in [-0.2, -0.15) is 0 Å². The zero-order valence-corrected chi connectivity index (χ0v) is 18.1. The molecular weight excluding hydrogens is 400 g/mol. The van der Waals surface area contributed by atoms with Crippen LogP contribution in [0.3, 0.4) is 0 Å². The molecule has 5 rings (SSSR count). The van der Waals surface area contributed by atoms with E-state index in [2.05, 4.69) is 72.5 Å². The highest BCUT2D eigenvalue weighted by molar-refractivity contribution is 5.84. The van der Waals surface area contributed by atoms with Crippen molar-refractivity contribution < 1.29 is 4.74 Å². The van der Waals surface area contributed by atoms with Gasteiger partial charge in [0.15, 0.2) is 0 Å². The minimum absolute atomic E-state index is 0.782. The fraction of sp³-hybridized carbons (Fsp3) is 0. The Morgan fingerprint density at radius 1 is 0.424 bits per heavy atom. The van der Waals surface area contributed by atoms with Crippen LogP contribution in [0.2, 0.25) is 0 Å². The van der Waals surface area contributed by atoms with E-state index in [1.54, 1.807) is 0 Å². The first-order valence-corrected chi connectivity index (χ1v) is 11.0. The van der Waals surface area contributed by atoms with E-state index in [1.807, 2.05) is 72.8 Å². The molecule has 0 saturated heterocycles. The lowest BCUT2D eigenvalue weighted by Crippen LogP contribution is -1.94. The van der Waals surface area contributed by atoms with Gasteiger partial charge in [0, 0.05) is 22.3 Å². The molecule has 0 radical (unpaired) electrons. The maximum absolute atomic E-state index is 6.27. The van der Waals surface area contributed by atoms with Gasteiger partial charge in [-0.1, -0.05) is 109 Å². The lowest BCUT2D eigenvalue weighted by Gasteiger charge is -2.15. The van der Waals surface area contributed by atoms with Gasteiger partial charge in [0.1, 0.15) is 11.5 Å². The highest BCUT2D eigenvalue weighted by Crippen LogP contribution is 2.37. The first-order valence-electron chi connectivity index (χ1n) is 11.0. The van der Waals surface area contributed by atoms with Crippen molar-refractivity contribution >= 4 is 0 Å². The van der Waals surface area contributed by atoms with Crippen LogP contribution in [0.4, 0.5) is 0 Å². The van der Waals surface area contributed by atoms with Crippen LogP contribution >= 0.6 is 0 Å². The average Bonchev–Trinajstić information content (AvgIpc) is 2.90. The number of ether oxygens (including phenoxy) is 1. The molecule has 33 heavy (non-hydrogen) atoms. The molecule has 0 aliphatic heterocycles. The summed E-state index contributed by atoms with van der Waals surface area (Å²) in [5.74, 6) is 8.43. The molecule has 0 atom stereocenters. The molecule has 0 heterocycles. The van der Waals surface area contributed by atoms with Gasteiger partial charge in [-0.05, 0) is 47.5 Å². The number of hydrogen-bond donors (Lipinski definition) is 0. The molecule has 5 aromatic carbocycles. The Hall–Kier alpha value is -4.54. The van der Waals surface area contributed by atoms with Crippen LogP contribution in [-0.2, 0) is 0 Å². The summed E-state index contributed by atoms with van der Waals surface area (Å²) >= 11 is 0. The summed E-state index contributed by atoms with van der Waals surface area (Å²) in [6.07, 6.45) is 0. The van der Waals surface area contributed by atoms with E-state index in [0.29, 0.717) is 0 Å². The second kappa shape index (κ2) is 9.73. The van der Waals surface area contributed by atoms with Crippen molar-refractivity contribution in [2.75, 3.05) is 0 Å². The van der Waals surface area contributed by atoms with Crippen molar-refractivity contribution in [3.63, 3.8) is 0 Å². The lowest BCUT2D eigenvalue weighted by molar-refractivity contribution is 0.483. The van der Waals surface area contributed by atoms with E-state index in [4.69, 9.17) is 4.74 Å². The molecule has 0 unspecified atom stereocenters. The first-order chi connectivity index (χ1) is 16.4. The normalized spacial score (nSPS) is 10.2. The SMILES string of the molecule is C(#Cc1c(-c2ccccc2)cc(Oc2ccccc2)cc1-c1ccccc1)c1ccccc1. The summed E-state index contributed by atoms with van der Waals surface area (Å²) in [5, 5.41) is 0.